The maximum Gasteiger partial charge on any atom is 0.164 e. The summed E-state index contributed by atoms with van der Waals surface area (Å²) in [6.07, 6.45) is 5.40. The summed E-state index contributed by atoms with van der Waals surface area (Å²) in [6.45, 7) is 3.85. The second-order valence-electron chi connectivity index (χ2n) is 4.49. The zero-order valence-electron chi connectivity index (χ0n) is 11.0. The summed E-state index contributed by atoms with van der Waals surface area (Å²) in [6, 6.07) is 5.73. The zero-order valence-corrected chi connectivity index (χ0v) is 11.0. The molecular formula is C15H22FNO. The van der Waals surface area contributed by atoms with Gasteiger partial charge in [0.25, 0.3) is 0 Å². The molecule has 1 N–H and O–H groups in total. The molecule has 0 saturated carbocycles. The molecule has 0 saturated heterocycles. The molecular weight excluding hydrogens is 229 g/mol. The van der Waals surface area contributed by atoms with Crippen LogP contribution in [0, 0.1) is 5.82 Å². The predicted molar refractivity (Wildman–Crippen MR) is 72.4 cm³/mol. The highest BCUT2D eigenvalue weighted by molar-refractivity contribution is 5.96. The fraction of sp³-hybridized carbons (Fsp3) is 0.533. The van der Waals surface area contributed by atoms with Crippen molar-refractivity contribution in [1.82, 2.24) is 5.32 Å². The topological polar surface area (TPSA) is 29.1 Å². The number of benzene rings is 1. The van der Waals surface area contributed by atoms with Crippen molar-refractivity contribution >= 4 is 5.78 Å². The van der Waals surface area contributed by atoms with Crippen LogP contribution < -0.4 is 5.32 Å². The van der Waals surface area contributed by atoms with Crippen LogP contribution in [0.2, 0.25) is 0 Å². The van der Waals surface area contributed by atoms with Gasteiger partial charge in [-0.3, -0.25) is 4.79 Å². The van der Waals surface area contributed by atoms with Crippen LogP contribution in [-0.2, 0) is 0 Å². The van der Waals surface area contributed by atoms with Crippen molar-refractivity contribution in [3.63, 3.8) is 0 Å². The predicted octanol–water partition coefficient (Wildman–Crippen LogP) is 3.57. The quantitative estimate of drug-likeness (QED) is 0.537. The van der Waals surface area contributed by atoms with Crippen LogP contribution in [0.15, 0.2) is 24.3 Å². The lowest BCUT2D eigenvalue weighted by Gasteiger charge is -2.04. The number of rotatable bonds is 9. The second kappa shape index (κ2) is 8.81. The van der Waals surface area contributed by atoms with Crippen LogP contribution in [0.4, 0.5) is 4.39 Å². The van der Waals surface area contributed by atoms with E-state index in [4.69, 9.17) is 0 Å². The molecule has 1 rings (SSSR count). The van der Waals surface area contributed by atoms with E-state index in [2.05, 4.69) is 12.2 Å². The number of carbonyl (C=O) groups is 1. The third-order valence-electron chi connectivity index (χ3n) is 2.90. The van der Waals surface area contributed by atoms with Crippen LogP contribution in [0.3, 0.4) is 0 Å². The summed E-state index contributed by atoms with van der Waals surface area (Å²) in [5, 5.41) is 3.26. The van der Waals surface area contributed by atoms with E-state index in [1.807, 2.05) is 0 Å². The van der Waals surface area contributed by atoms with Gasteiger partial charge in [-0.15, -0.1) is 0 Å². The Labute approximate surface area is 109 Å². The number of hydrogen-bond donors (Lipinski definition) is 1. The van der Waals surface area contributed by atoms with E-state index in [0.717, 1.165) is 6.54 Å². The Hall–Kier alpha value is -1.22. The van der Waals surface area contributed by atoms with Gasteiger partial charge in [0.05, 0.1) is 0 Å². The number of carbonyl (C=O) groups excluding carboxylic acids is 1. The Balaban J connectivity index is 2.12. The number of ketones is 1. The minimum Gasteiger partial charge on any atom is -0.316 e. The highest BCUT2D eigenvalue weighted by atomic mass is 19.1. The van der Waals surface area contributed by atoms with Gasteiger partial charge in [-0.1, -0.05) is 26.2 Å². The van der Waals surface area contributed by atoms with Crippen LogP contribution in [0.5, 0.6) is 0 Å². The van der Waals surface area contributed by atoms with E-state index < -0.39 is 0 Å². The molecule has 0 aliphatic rings. The van der Waals surface area contributed by atoms with E-state index in [1.54, 1.807) is 12.1 Å². The van der Waals surface area contributed by atoms with Crippen LogP contribution >= 0.6 is 0 Å². The molecule has 0 amide bonds. The van der Waals surface area contributed by atoms with Gasteiger partial charge in [0.1, 0.15) is 5.82 Å². The molecule has 1 aromatic carbocycles. The zero-order chi connectivity index (χ0) is 13.2. The van der Waals surface area contributed by atoms with Gasteiger partial charge in [0, 0.05) is 18.5 Å². The van der Waals surface area contributed by atoms with Gasteiger partial charge >= 0.3 is 0 Å². The molecule has 0 unspecified atom stereocenters. The molecule has 0 bridgehead atoms. The number of Topliss-reactive ketones (excluding diaryl/α,β-unsaturated/α-hetero) is 1. The molecule has 0 aromatic heterocycles. The SMILES string of the molecule is CCCCCCNCCC(=O)c1ccc(F)cc1. The van der Waals surface area contributed by atoms with Gasteiger partial charge in [-0.25, -0.2) is 4.39 Å². The number of nitrogens with one attached hydrogen (secondary N) is 1. The number of unbranched alkanes of at least 4 members (excludes halogenated alkanes) is 3. The van der Waals surface area contributed by atoms with E-state index in [1.165, 1.54) is 37.8 Å². The standard InChI is InChI=1S/C15H22FNO/c1-2-3-4-5-11-17-12-10-15(18)13-6-8-14(16)9-7-13/h6-9,17H,2-5,10-12H2,1H3. The Morgan fingerprint density at radius 2 is 1.83 bits per heavy atom. The Kier molecular flexibility index (Phi) is 7.26. The molecule has 0 fully saturated rings. The lowest BCUT2D eigenvalue weighted by molar-refractivity contribution is 0.0982. The fourth-order valence-corrected chi connectivity index (χ4v) is 1.78. The van der Waals surface area contributed by atoms with Crippen molar-refractivity contribution in [1.29, 1.82) is 0 Å². The summed E-state index contributed by atoms with van der Waals surface area (Å²) in [7, 11) is 0. The third-order valence-corrected chi connectivity index (χ3v) is 2.90. The Morgan fingerprint density at radius 1 is 1.11 bits per heavy atom. The average molecular weight is 251 g/mol. The molecule has 2 nitrogen and oxygen atoms in total. The number of hydrogen-bond acceptors (Lipinski definition) is 2. The smallest absolute Gasteiger partial charge is 0.164 e. The minimum absolute atomic E-state index is 0.0658. The molecule has 0 aliphatic heterocycles. The Bertz CT molecular complexity index is 348. The first kappa shape index (κ1) is 14.8. The van der Waals surface area contributed by atoms with Gasteiger partial charge in [0.15, 0.2) is 5.78 Å². The lowest BCUT2D eigenvalue weighted by Crippen LogP contribution is -2.19. The van der Waals surface area contributed by atoms with Crippen molar-refractivity contribution < 1.29 is 9.18 Å². The number of halogens is 1. The first-order valence-corrected chi connectivity index (χ1v) is 6.73. The largest absolute Gasteiger partial charge is 0.316 e. The first-order chi connectivity index (χ1) is 8.74. The highest BCUT2D eigenvalue weighted by Gasteiger charge is 2.04. The molecule has 1 aromatic rings. The van der Waals surface area contributed by atoms with E-state index in [-0.39, 0.29) is 11.6 Å². The van der Waals surface area contributed by atoms with Gasteiger partial charge in [0.2, 0.25) is 0 Å². The minimum atomic E-state index is -0.305. The van der Waals surface area contributed by atoms with E-state index >= 15 is 0 Å². The summed E-state index contributed by atoms with van der Waals surface area (Å²) in [4.78, 5) is 11.7. The molecule has 0 aliphatic carbocycles. The summed E-state index contributed by atoms with van der Waals surface area (Å²) < 4.78 is 12.7. The Morgan fingerprint density at radius 3 is 2.50 bits per heavy atom. The highest BCUT2D eigenvalue weighted by Crippen LogP contribution is 2.05. The summed E-state index contributed by atoms with van der Waals surface area (Å²) in [5.41, 5.74) is 0.587. The summed E-state index contributed by atoms with van der Waals surface area (Å²) >= 11 is 0. The first-order valence-electron chi connectivity index (χ1n) is 6.73. The molecule has 0 spiro atoms. The van der Waals surface area contributed by atoms with Crippen LogP contribution in [0.1, 0.15) is 49.4 Å². The van der Waals surface area contributed by atoms with Gasteiger partial charge < -0.3 is 5.32 Å². The monoisotopic (exact) mass is 251 g/mol. The average Bonchev–Trinajstić information content (AvgIpc) is 2.38. The van der Waals surface area contributed by atoms with E-state index in [0.29, 0.717) is 18.5 Å². The fourth-order valence-electron chi connectivity index (χ4n) is 1.78. The molecule has 0 atom stereocenters. The molecule has 0 heterocycles. The van der Waals surface area contributed by atoms with Crippen molar-refractivity contribution in [2.45, 2.75) is 39.0 Å². The molecule has 3 heteroatoms. The second-order valence-corrected chi connectivity index (χ2v) is 4.49. The maximum absolute atomic E-state index is 12.7. The molecule has 18 heavy (non-hydrogen) atoms. The van der Waals surface area contributed by atoms with Gasteiger partial charge in [-0.2, -0.15) is 0 Å². The molecule has 100 valence electrons. The summed E-state index contributed by atoms with van der Waals surface area (Å²) in [5.74, 6) is -0.239. The lowest BCUT2D eigenvalue weighted by atomic mass is 10.1. The van der Waals surface area contributed by atoms with Crippen LogP contribution in [-0.4, -0.2) is 18.9 Å². The van der Waals surface area contributed by atoms with Crippen molar-refractivity contribution in [2.75, 3.05) is 13.1 Å². The normalized spacial score (nSPS) is 10.6. The van der Waals surface area contributed by atoms with Crippen molar-refractivity contribution in [2.24, 2.45) is 0 Å². The maximum atomic E-state index is 12.7. The third kappa shape index (κ3) is 5.92. The van der Waals surface area contributed by atoms with E-state index in [9.17, 15) is 9.18 Å². The van der Waals surface area contributed by atoms with Crippen LogP contribution in [0.25, 0.3) is 0 Å². The van der Waals surface area contributed by atoms with Crippen molar-refractivity contribution in [3.05, 3.63) is 35.6 Å². The van der Waals surface area contributed by atoms with Gasteiger partial charge in [-0.05, 0) is 37.2 Å². The molecule has 0 radical (unpaired) electrons. The van der Waals surface area contributed by atoms with Crippen molar-refractivity contribution in [3.8, 4) is 0 Å².